The van der Waals surface area contributed by atoms with Crippen LogP contribution in [0.1, 0.15) is 106 Å². The summed E-state index contributed by atoms with van der Waals surface area (Å²) in [6.45, 7) is 13.5. The summed E-state index contributed by atoms with van der Waals surface area (Å²) in [5.41, 5.74) is 2.23. The third-order valence-corrected chi connectivity index (χ3v) is 17.0. The summed E-state index contributed by atoms with van der Waals surface area (Å²) in [4.78, 5) is 49.5. The van der Waals surface area contributed by atoms with E-state index < -0.39 is 42.9 Å². The van der Waals surface area contributed by atoms with E-state index in [4.69, 9.17) is 9.47 Å². The molecule has 5 aromatic rings. The first-order valence-corrected chi connectivity index (χ1v) is 26.5. The third-order valence-electron chi connectivity index (χ3n) is 15.7. The van der Waals surface area contributed by atoms with Crippen molar-refractivity contribution in [2.24, 2.45) is 11.3 Å². The molecule has 72 heavy (non-hydrogen) atoms. The van der Waals surface area contributed by atoms with Crippen LogP contribution in [0.2, 0.25) is 0 Å². The van der Waals surface area contributed by atoms with Gasteiger partial charge < -0.3 is 34.7 Å². The molecule has 2 amide bonds. The predicted octanol–water partition coefficient (Wildman–Crippen LogP) is 7.87. The fraction of sp³-hybridized carbons (Fsp3) is 0.481. The molecule has 10 rings (SSSR count). The van der Waals surface area contributed by atoms with Gasteiger partial charge in [0.25, 0.3) is 21.6 Å². The first-order chi connectivity index (χ1) is 34.4. The fourth-order valence-electron chi connectivity index (χ4n) is 11.4. The third kappa shape index (κ3) is 9.68. The second-order valence-electron chi connectivity index (χ2n) is 20.9. The molecule has 4 aliphatic heterocycles. The number of piperazine rings is 1. The highest BCUT2D eigenvalue weighted by atomic mass is 32.2. The number of fused-ring (bicyclic) bond motifs is 2. The van der Waals surface area contributed by atoms with E-state index in [0.717, 1.165) is 50.3 Å². The number of hydrogen-bond donors (Lipinski definition) is 4. The van der Waals surface area contributed by atoms with Gasteiger partial charge in [-0.25, -0.2) is 32.5 Å². The fourth-order valence-corrected chi connectivity index (χ4v) is 12.4. The van der Waals surface area contributed by atoms with Crippen LogP contribution in [0, 0.1) is 27.3 Å². The number of nitro groups is 1. The van der Waals surface area contributed by atoms with E-state index in [-0.39, 0.29) is 75.5 Å². The maximum absolute atomic E-state index is 14.7. The van der Waals surface area contributed by atoms with Crippen molar-refractivity contribution >= 4 is 49.9 Å². The highest BCUT2D eigenvalue weighted by molar-refractivity contribution is 7.90. The van der Waals surface area contributed by atoms with Gasteiger partial charge in [0, 0.05) is 87.7 Å². The number of anilines is 2. The molecule has 0 unspecified atom stereocenters. The van der Waals surface area contributed by atoms with Crippen molar-refractivity contribution in [1.29, 1.82) is 0 Å². The van der Waals surface area contributed by atoms with Crippen molar-refractivity contribution < 1.29 is 41.9 Å². The number of rotatable bonds is 12. The van der Waals surface area contributed by atoms with Crippen LogP contribution in [-0.4, -0.2) is 119 Å². The lowest BCUT2D eigenvalue weighted by Gasteiger charge is -2.60. The summed E-state index contributed by atoms with van der Waals surface area (Å²) in [7, 11) is -4.74. The summed E-state index contributed by atoms with van der Waals surface area (Å²) in [5.74, 6) is -0.994. The van der Waals surface area contributed by atoms with E-state index in [1.807, 2.05) is 11.8 Å². The van der Waals surface area contributed by atoms with Crippen LogP contribution in [0.15, 0.2) is 78.0 Å². The molecule has 6 heterocycles. The minimum Gasteiger partial charge on any atom is -0.489 e. The van der Waals surface area contributed by atoms with E-state index >= 15 is 0 Å². The van der Waals surface area contributed by atoms with Gasteiger partial charge in [-0.3, -0.25) is 19.7 Å². The number of nitrogens with one attached hydrogen (secondary N) is 3. The number of H-pyrrole nitrogens is 1. The Morgan fingerprint density at radius 2 is 1.79 bits per heavy atom. The number of halogens is 1. The van der Waals surface area contributed by atoms with Gasteiger partial charge in [-0.1, -0.05) is 45.0 Å². The Balaban J connectivity index is 0.863. The summed E-state index contributed by atoms with van der Waals surface area (Å²) in [6.07, 6.45) is 7.33. The zero-order chi connectivity index (χ0) is 50.7. The molecule has 382 valence electrons. The molecule has 20 heteroatoms. The summed E-state index contributed by atoms with van der Waals surface area (Å²) >= 11 is 0. The molecule has 0 radical (unpaired) electrons. The first kappa shape index (κ1) is 49.2. The standard InChI is InChI=1S/C52H62FN9O9S/c1-5-47(63)59-20-21-61(44(28-59)38-9-7-6-8-37(38)32(2)3)60-30-52(31-60)16-18-58(19-17-52)34-10-11-39(45(22-34)71-35-23-40-41(53)27-55-49(40)54-26-35)50(64)57-72(68,69)36-24-43(62(66)67)48-46(25-36)70-29-42(56-48)33-12-14-51(4,65)15-13-33/h6-11,22-27,32-33,42,44,56,65H,5,12-21,28-31H2,1-4H3,(H,54,55)(H,57,64)/t33?,42-,44+,51?/m1/s1. The summed E-state index contributed by atoms with van der Waals surface area (Å²) in [5, 5.41) is 31.2. The number of aromatic nitrogens is 2. The zero-order valence-corrected chi connectivity index (χ0v) is 41.8. The first-order valence-electron chi connectivity index (χ1n) is 25.0. The molecule has 3 saturated heterocycles. The molecule has 5 aliphatic rings. The number of piperidine rings is 1. The Kier molecular flexibility index (Phi) is 13.2. The van der Waals surface area contributed by atoms with Crippen LogP contribution in [-0.2, 0) is 14.8 Å². The number of pyridine rings is 1. The van der Waals surface area contributed by atoms with Crippen LogP contribution in [0.3, 0.4) is 0 Å². The number of hydrogen-bond acceptors (Lipinski definition) is 14. The molecule has 18 nitrogen and oxygen atoms in total. The van der Waals surface area contributed by atoms with Crippen LogP contribution < -0.4 is 24.4 Å². The van der Waals surface area contributed by atoms with Crippen molar-refractivity contribution in [2.45, 2.75) is 101 Å². The number of hydrazine groups is 1. The van der Waals surface area contributed by atoms with Crippen LogP contribution in [0.4, 0.5) is 21.5 Å². The van der Waals surface area contributed by atoms with Crippen molar-refractivity contribution in [3.63, 3.8) is 0 Å². The average molecular weight is 1010 g/mol. The van der Waals surface area contributed by atoms with Crippen molar-refractivity contribution in [2.75, 3.05) is 62.6 Å². The Labute approximate surface area is 418 Å². The maximum atomic E-state index is 14.7. The topological polar surface area (TPSA) is 216 Å². The van der Waals surface area contributed by atoms with E-state index in [0.29, 0.717) is 64.2 Å². The second-order valence-corrected chi connectivity index (χ2v) is 22.5. The van der Waals surface area contributed by atoms with Gasteiger partial charge >= 0.3 is 0 Å². The Morgan fingerprint density at radius 3 is 2.51 bits per heavy atom. The number of nitrogens with zero attached hydrogens (tertiary/aromatic N) is 6. The molecule has 0 bridgehead atoms. The highest BCUT2D eigenvalue weighted by Crippen LogP contribution is 2.47. The lowest BCUT2D eigenvalue weighted by atomic mass is 9.72. The SMILES string of the molecule is CCC(=O)N1CCN(N2CC3(CCN(c4ccc(C(=O)NS(=O)(=O)c5cc6c(c([N+](=O)[O-])c5)N[C@@H](C5CCC(C)(O)CC5)CO6)c(Oc5cnc6[nH]cc(F)c6c5)c4)CC3)C2)[C@H](c2ccccc2C(C)C)C1. The largest absolute Gasteiger partial charge is 0.489 e. The van der Waals surface area contributed by atoms with Gasteiger partial charge in [-0.2, -0.15) is 0 Å². The van der Waals surface area contributed by atoms with E-state index in [9.17, 15) is 37.6 Å². The van der Waals surface area contributed by atoms with E-state index in [1.165, 1.54) is 35.7 Å². The van der Waals surface area contributed by atoms with E-state index in [1.54, 1.807) is 19.1 Å². The normalized spacial score (nSPS) is 23.5. The molecule has 4 N–H and O–H groups in total. The molecule has 1 saturated carbocycles. The number of nitro benzene ring substituents is 1. The minimum atomic E-state index is -4.74. The molecule has 1 spiro atoms. The number of benzene rings is 3. The van der Waals surface area contributed by atoms with Gasteiger partial charge in [0.2, 0.25) is 5.91 Å². The van der Waals surface area contributed by atoms with Gasteiger partial charge in [-0.15, -0.1) is 0 Å². The lowest BCUT2D eigenvalue weighted by molar-refractivity contribution is -0.384. The van der Waals surface area contributed by atoms with Crippen molar-refractivity contribution in [3.05, 3.63) is 106 Å². The van der Waals surface area contributed by atoms with Crippen molar-refractivity contribution in [3.8, 4) is 17.2 Å². The van der Waals surface area contributed by atoms with Crippen LogP contribution in [0.25, 0.3) is 11.0 Å². The maximum Gasteiger partial charge on any atom is 0.297 e. The zero-order valence-electron chi connectivity index (χ0n) is 41.0. The number of aliphatic hydroxyl groups is 1. The Morgan fingerprint density at radius 1 is 1.04 bits per heavy atom. The number of sulfonamides is 1. The molecular formula is C52H62FN9O9S. The van der Waals surface area contributed by atoms with Gasteiger partial charge in [0.1, 0.15) is 29.6 Å². The second kappa shape index (κ2) is 19.2. The number of ether oxygens (including phenoxy) is 2. The van der Waals surface area contributed by atoms with E-state index in [2.05, 4.69) is 73.0 Å². The number of carbonyl (C=O) groups excluding carboxylic acids is 2. The smallest absolute Gasteiger partial charge is 0.297 e. The monoisotopic (exact) mass is 1010 g/mol. The lowest BCUT2D eigenvalue weighted by Crippen LogP contribution is -2.68. The average Bonchev–Trinajstić information content (AvgIpc) is 3.73. The van der Waals surface area contributed by atoms with Crippen molar-refractivity contribution in [1.82, 2.24) is 29.6 Å². The van der Waals surface area contributed by atoms with Crippen LogP contribution >= 0.6 is 0 Å². The molecule has 2 aromatic heterocycles. The summed E-state index contributed by atoms with van der Waals surface area (Å²) < 4.78 is 57.1. The predicted molar refractivity (Wildman–Crippen MR) is 268 cm³/mol. The molecule has 3 aromatic carbocycles. The highest BCUT2D eigenvalue weighted by Gasteiger charge is 2.49. The Bertz CT molecular complexity index is 3010. The van der Waals surface area contributed by atoms with Gasteiger partial charge in [0.05, 0.1) is 44.7 Å². The minimum absolute atomic E-state index is 0.0139. The van der Waals surface area contributed by atoms with Gasteiger partial charge in [-0.05, 0) is 86.6 Å². The summed E-state index contributed by atoms with van der Waals surface area (Å²) in [6, 6.07) is 16.7. The molecule has 4 fully saturated rings. The number of carbonyl (C=O) groups is 2. The quantitative estimate of drug-likeness (QED) is 0.0692. The Hall–Kier alpha value is -6.35. The molecule has 1 aliphatic carbocycles. The molecule has 2 atom stereocenters. The molecular weight excluding hydrogens is 946 g/mol. The van der Waals surface area contributed by atoms with Crippen LogP contribution in [0.5, 0.6) is 17.2 Å². The number of amides is 2. The van der Waals surface area contributed by atoms with Gasteiger partial charge in [0.15, 0.2) is 11.4 Å². The number of aromatic amines is 1.